The predicted molar refractivity (Wildman–Crippen MR) is 69.1 cm³/mol. The number of thiocarbonyl (C=S) groups is 1. The van der Waals surface area contributed by atoms with E-state index in [1.54, 1.807) is 6.21 Å². The zero-order valence-corrected chi connectivity index (χ0v) is 9.74. The molecule has 0 fully saturated rings. The molecule has 0 aromatic heterocycles. The van der Waals surface area contributed by atoms with Gasteiger partial charge in [-0.3, -0.25) is 5.43 Å². The van der Waals surface area contributed by atoms with Crippen LogP contribution in [0.15, 0.2) is 35.4 Å². The van der Waals surface area contributed by atoms with E-state index >= 15 is 0 Å². The van der Waals surface area contributed by atoms with Gasteiger partial charge in [0.2, 0.25) is 0 Å². The maximum absolute atomic E-state index is 5.44. The first-order valence-corrected chi connectivity index (χ1v) is 5.38. The zero-order chi connectivity index (χ0) is 11.6. The number of ether oxygens (including phenoxy) is 1. The lowest BCUT2D eigenvalue weighted by atomic mass is 10.2. The van der Waals surface area contributed by atoms with Gasteiger partial charge in [-0.1, -0.05) is 30.3 Å². The molecule has 1 rings (SSSR count). The van der Waals surface area contributed by atoms with Crippen molar-refractivity contribution < 1.29 is 4.74 Å². The van der Waals surface area contributed by atoms with Gasteiger partial charge in [-0.05, 0) is 17.8 Å². The first kappa shape index (κ1) is 12.6. The third-order valence-electron chi connectivity index (χ3n) is 1.77. The molecule has 0 amide bonds. The fourth-order valence-electron chi connectivity index (χ4n) is 1.07. The number of benzene rings is 1. The number of nitrogens with two attached hydrogens (primary N) is 1. The molecule has 4 nitrogen and oxygen atoms in total. The second kappa shape index (κ2) is 7.78. The van der Waals surface area contributed by atoms with Crippen LogP contribution in [0.2, 0.25) is 0 Å². The lowest BCUT2D eigenvalue weighted by Gasteiger charge is -2.01. The lowest BCUT2D eigenvalue weighted by Crippen LogP contribution is -2.24. The molecule has 0 aliphatic rings. The molecule has 0 saturated heterocycles. The summed E-state index contributed by atoms with van der Waals surface area (Å²) in [7, 11) is 0. The minimum Gasteiger partial charge on any atom is -0.376 e. The molecule has 0 heterocycles. The Hall–Kier alpha value is -1.46. The highest BCUT2D eigenvalue weighted by Crippen LogP contribution is 2.00. The summed E-state index contributed by atoms with van der Waals surface area (Å²) in [5, 5.41) is 3.96. The van der Waals surface area contributed by atoms with Crippen LogP contribution in [-0.2, 0) is 11.3 Å². The van der Waals surface area contributed by atoms with Crippen LogP contribution in [0.5, 0.6) is 0 Å². The van der Waals surface area contributed by atoms with Gasteiger partial charge < -0.3 is 10.5 Å². The molecule has 0 aliphatic heterocycles. The number of rotatable bonds is 6. The molecule has 1 aromatic rings. The topological polar surface area (TPSA) is 59.6 Å². The summed E-state index contributed by atoms with van der Waals surface area (Å²) in [6.45, 7) is 1.24. The smallest absolute Gasteiger partial charge is 0.184 e. The van der Waals surface area contributed by atoms with Crippen molar-refractivity contribution in [2.24, 2.45) is 10.8 Å². The average Bonchev–Trinajstić information content (AvgIpc) is 2.29. The van der Waals surface area contributed by atoms with Gasteiger partial charge in [0, 0.05) is 12.6 Å². The maximum atomic E-state index is 5.44. The van der Waals surface area contributed by atoms with E-state index in [4.69, 9.17) is 10.5 Å². The highest BCUT2D eigenvalue weighted by molar-refractivity contribution is 7.80. The summed E-state index contributed by atoms with van der Waals surface area (Å²) in [5.74, 6) is 0. The summed E-state index contributed by atoms with van der Waals surface area (Å²) < 4.78 is 5.44. The Kier molecular flexibility index (Phi) is 6.13. The van der Waals surface area contributed by atoms with Crippen LogP contribution in [0.3, 0.4) is 0 Å². The summed E-state index contributed by atoms with van der Waals surface area (Å²) in [6.07, 6.45) is 2.41. The number of hydrazone groups is 1. The molecule has 5 heteroatoms. The molecule has 0 bridgehead atoms. The van der Waals surface area contributed by atoms with E-state index in [9.17, 15) is 0 Å². The third-order valence-corrected chi connectivity index (χ3v) is 1.86. The highest BCUT2D eigenvalue weighted by atomic mass is 32.1. The quantitative estimate of drug-likeness (QED) is 0.340. The molecular weight excluding hydrogens is 222 g/mol. The number of nitrogens with zero attached hydrogens (tertiary/aromatic N) is 1. The standard InChI is InChI=1S/C11H15N3OS/c12-11(16)14-13-7-4-8-15-9-10-5-2-1-3-6-10/h1-3,5-7H,4,8-9H2,(H3,12,14,16)/b13-7+. The van der Waals surface area contributed by atoms with Crippen LogP contribution in [0.4, 0.5) is 0 Å². The van der Waals surface area contributed by atoms with Gasteiger partial charge in [0.1, 0.15) is 0 Å². The monoisotopic (exact) mass is 237 g/mol. The van der Waals surface area contributed by atoms with Gasteiger partial charge in [0.15, 0.2) is 5.11 Å². The minimum atomic E-state index is 0.168. The molecule has 0 aliphatic carbocycles. The lowest BCUT2D eigenvalue weighted by molar-refractivity contribution is 0.128. The second-order valence-electron chi connectivity index (χ2n) is 3.11. The van der Waals surface area contributed by atoms with Gasteiger partial charge in [-0.25, -0.2) is 0 Å². The summed E-state index contributed by atoms with van der Waals surface area (Å²) >= 11 is 4.58. The Balaban J connectivity index is 2.04. The molecule has 1 aromatic carbocycles. The largest absolute Gasteiger partial charge is 0.376 e. The number of nitrogens with one attached hydrogen (secondary N) is 1. The Morgan fingerprint density at radius 2 is 2.19 bits per heavy atom. The SMILES string of the molecule is NC(=S)N/N=C/CCOCc1ccccc1. The maximum Gasteiger partial charge on any atom is 0.184 e. The molecule has 0 unspecified atom stereocenters. The molecule has 0 radical (unpaired) electrons. The van der Waals surface area contributed by atoms with Gasteiger partial charge in [-0.15, -0.1) is 0 Å². The van der Waals surface area contributed by atoms with Gasteiger partial charge in [0.05, 0.1) is 13.2 Å². The fourth-order valence-corrected chi connectivity index (χ4v) is 1.13. The first-order chi connectivity index (χ1) is 7.79. The summed E-state index contributed by atoms with van der Waals surface area (Å²) in [5.41, 5.74) is 8.83. The Bertz CT molecular complexity index is 340. The van der Waals surface area contributed by atoms with E-state index in [0.717, 1.165) is 6.42 Å². The average molecular weight is 237 g/mol. The van der Waals surface area contributed by atoms with Crippen molar-refractivity contribution in [1.82, 2.24) is 5.43 Å². The Morgan fingerprint density at radius 1 is 1.44 bits per heavy atom. The van der Waals surface area contributed by atoms with Crippen LogP contribution < -0.4 is 11.2 Å². The van der Waals surface area contributed by atoms with Crippen LogP contribution >= 0.6 is 12.2 Å². The van der Waals surface area contributed by atoms with Crippen molar-refractivity contribution in [3.8, 4) is 0 Å². The predicted octanol–water partition coefficient (Wildman–Crippen LogP) is 1.41. The first-order valence-electron chi connectivity index (χ1n) is 4.97. The third kappa shape index (κ3) is 6.10. The molecule has 86 valence electrons. The van der Waals surface area contributed by atoms with E-state index in [0.29, 0.717) is 13.2 Å². The van der Waals surface area contributed by atoms with Crippen molar-refractivity contribution in [2.45, 2.75) is 13.0 Å². The Labute approximate surface area is 100 Å². The Morgan fingerprint density at radius 3 is 2.88 bits per heavy atom. The molecule has 3 N–H and O–H groups in total. The molecular formula is C11H15N3OS. The minimum absolute atomic E-state index is 0.168. The zero-order valence-electron chi connectivity index (χ0n) is 8.93. The van der Waals surface area contributed by atoms with Crippen molar-refractivity contribution in [3.05, 3.63) is 35.9 Å². The summed E-state index contributed by atoms with van der Waals surface area (Å²) in [6, 6.07) is 10.0. The fraction of sp³-hybridized carbons (Fsp3) is 0.273. The second-order valence-corrected chi connectivity index (χ2v) is 3.55. The van der Waals surface area contributed by atoms with E-state index in [2.05, 4.69) is 22.7 Å². The number of hydrogen-bond donors (Lipinski definition) is 2. The van der Waals surface area contributed by atoms with Crippen molar-refractivity contribution >= 4 is 23.5 Å². The van der Waals surface area contributed by atoms with Crippen molar-refractivity contribution in [1.29, 1.82) is 0 Å². The van der Waals surface area contributed by atoms with Gasteiger partial charge >= 0.3 is 0 Å². The van der Waals surface area contributed by atoms with Gasteiger partial charge in [-0.2, -0.15) is 5.10 Å². The van der Waals surface area contributed by atoms with Crippen molar-refractivity contribution in [2.75, 3.05) is 6.61 Å². The van der Waals surface area contributed by atoms with Crippen LogP contribution in [0.1, 0.15) is 12.0 Å². The van der Waals surface area contributed by atoms with Gasteiger partial charge in [0.25, 0.3) is 0 Å². The number of hydrogen-bond acceptors (Lipinski definition) is 3. The van der Waals surface area contributed by atoms with Crippen LogP contribution in [0.25, 0.3) is 0 Å². The highest BCUT2D eigenvalue weighted by Gasteiger charge is 1.90. The molecule has 0 atom stereocenters. The summed E-state index contributed by atoms with van der Waals surface area (Å²) in [4.78, 5) is 0. The molecule has 16 heavy (non-hydrogen) atoms. The van der Waals surface area contributed by atoms with E-state index in [1.807, 2.05) is 30.3 Å². The van der Waals surface area contributed by atoms with E-state index < -0.39 is 0 Å². The normalized spacial score (nSPS) is 10.5. The van der Waals surface area contributed by atoms with Crippen molar-refractivity contribution in [3.63, 3.8) is 0 Å². The molecule has 0 spiro atoms. The van der Waals surface area contributed by atoms with Crippen LogP contribution in [0, 0.1) is 0 Å². The molecule has 0 saturated carbocycles. The van der Waals surface area contributed by atoms with E-state index in [1.165, 1.54) is 5.56 Å². The van der Waals surface area contributed by atoms with E-state index in [-0.39, 0.29) is 5.11 Å². The van der Waals surface area contributed by atoms with Crippen LogP contribution in [-0.4, -0.2) is 17.9 Å².